The standard InChI is InChI=1S/C26H34N2O4/c1-17(2)30-22-11-10-21(27-19(22)5)25(29)28-14-12-26(13-15-28)16-24(31-18(3)4)20-8-6-7-9-23(20)32-26/h6-11,17-18,24H,12-16H2,1-5H3/t24-/m1/s1. The normalized spacial score (nSPS) is 19.7. The number of rotatable bonds is 5. The van der Waals surface area contributed by atoms with E-state index >= 15 is 0 Å². The molecule has 6 heteroatoms. The van der Waals surface area contributed by atoms with Gasteiger partial charge in [-0.2, -0.15) is 0 Å². The molecule has 0 saturated carbocycles. The van der Waals surface area contributed by atoms with Gasteiger partial charge in [0.05, 0.1) is 24.0 Å². The molecule has 2 aromatic rings. The lowest BCUT2D eigenvalue weighted by Gasteiger charge is -2.47. The number of carbonyl (C=O) groups excluding carboxylic acids is 1. The predicted molar refractivity (Wildman–Crippen MR) is 123 cm³/mol. The van der Waals surface area contributed by atoms with Gasteiger partial charge in [0.1, 0.15) is 22.8 Å². The van der Waals surface area contributed by atoms with Gasteiger partial charge in [0.25, 0.3) is 5.91 Å². The first-order valence-corrected chi connectivity index (χ1v) is 11.6. The maximum absolute atomic E-state index is 13.1. The van der Waals surface area contributed by atoms with Crippen LogP contribution in [0.5, 0.6) is 11.5 Å². The maximum Gasteiger partial charge on any atom is 0.272 e. The van der Waals surface area contributed by atoms with E-state index in [0.29, 0.717) is 18.8 Å². The minimum Gasteiger partial charge on any atom is -0.489 e. The zero-order valence-corrected chi connectivity index (χ0v) is 19.8. The van der Waals surface area contributed by atoms with Crippen molar-refractivity contribution >= 4 is 5.91 Å². The largest absolute Gasteiger partial charge is 0.489 e. The molecule has 1 saturated heterocycles. The molecule has 0 radical (unpaired) electrons. The van der Waals surface area contributed by atoms with E-state index in [1.54, 1.807) is 6.07 Å². The first-order valence-electron chi connectivity index (χ1n) is 11.6. The number of amides is 1. The molecule has 1 atom stereocenters. The summed E-state index contributed by atoms with van der Waals surface area (Å²) in [7, 11) is 0. The van der Waals surface area contributed by atoms with Crippen molar-refractivity contribution in [3.05, 3.63) is 53.3 Å². The van der Waals surface area contributed by atoms with Crippen molar-refractivity contribution in [3.8, 4) is 11.5 Å². The number of para-hydroxylation sites is 1. The third-order valence-corrected chi connectivity index (χ3v) is 6.17. The van der Waals surface area contributed by atoms with Crippen LogP contribution >= 0.6 is 0 Å². The molecule has 6 nitrogen and oxygen atoms in total. The number of piperidine rings is 1. The Labute approximate surface area is 190 Å². The van der Waals surface area contributed by atoms with E-state index in [0.717, 1.165) is 42.0 Å². The molecule has 1 spiro atoms. The molecule has 3 heterocycles. The summed E-state index contributed by atoms with van der Waals surface area (Å²) in [5.41, 5.74) is 2.02. The fourth-order valence-corrected chi connectivity index (χ4v) is 4.64. The molecule has 2 aliphatic rings. The van der Waals surface area contributed by atoms with Crippen LogP contribution in [0.2, 0.25) is 0 Å². The number of aryl methyl sites for hydroxylation is 1. The fraction of sp³-hybridized carbons (Fsp3) is 0.538. The Hall–Kier alpha value is -2.60. The second kappa shape index (κ2) is 9.10. The third kappa shape index (κ3) is 4.75. The lowest BCUT2D eigenvalue weighted by Crippen LogP contribution is -2.52. The Balaban J connectivity index is 1.45. The summed E-state index contributed by atoms with van der Waals surface area (Å²) >= 11 is 0. The van der Waals surface area contributed by atoms with Crippen molar-refractivity contribution < 1.29 is 19.0 Å². The number of pyridine rings is 1. The van der Waals surface area contributed by atoms with E-state index in [9.17, 15) is 4.79 Å². The van der Waals surface area contributed by atoms with Crippen LogP contribution in [-0.2, 0) is 4.74 Å². The highest BCUT2D eigenvalue weighted by Crippen LogP contribution is 2.46. The Morgan fingerprint density at radius 2 is 1.81 bits per heavy atom. The molecule has 0 bridgehead atoms. The number of likely N-dealkylation sites (tertiary alicyclic amines) is 1. The quantitative estimate of drug-likeness (QED) is 0.650. The number of hydrogen-bond acceptors (Lipinski definition) is 5. The van der Waals surface area contributed by atoms with Crippen molar-refractivity contribution in [2.45, 2.75) is 77.8 Å². The summed E-state index contributed by atoms with van der Waals surface area (Å²) in [6.07, 6.45) is 2.58. The van der Waals surface area contributed by atoms with Crippen LogP contribution in [0.15, 0.2) is 36.4 Å². The Kier molecular flexibility index (Phi) is 6.42. The van der Waals surface area contributed by atoms with E-state index in [1.807, 2.05) is 49.9 Å². The van der Waals surface area contributed by atoms with Crippen LogP contribution in [0.4, 0.5) is 0 Å². The summed E-state index contributed by atoms with van der Waals surface area (Å²) in [5.74, 6) is 1.59. The second-order valence-electron chi connectivity index (χ2n) is 9.44. The van der Waals surface area contributed by atoms with Crippen LogP contribution in [0, 0.1) is 6.92 Å². The highest BCUT2D eigenvalue weighted by Gasteiger charge is 2.44. The van der Waals surface area contributed by atoms with Gasteiger partial charge in [-0.25, -0.2) is 4.98 Å². The molecule has 0 aliphatic carbocycles. The van der Waals surface area contributed by atoms with Gasteiger partial charge >= 0.3 is 0 Å². The second-order valence-corrected chi connectivity index (χ2v) is 9.44. The summed E-state index contributed by atoms with van der Waals surface area (Å²) in [6.45, 7) is 11.2. The van der Waals surface area contributed by atoms with Gasteiger partial charge in [-0.3, -0.25) is 4.79 Å². The molecule has 1 amide bonds. The topological polar surface area (TPSA) is 60.9 Å². The number of carbonyl (C=O) groups is 1. The van der Waals surface area contributed by atoms with E-state index < -0.39 is 0 Å². The Bertz CT molecular complexity index is 964. The molecule has 1 aromatic carbocycles. The smallest absolute Gasteiger partial charge is 0.272 e. The maximum atomic E-state index is 13.1. The first-order chi connectivity index (χ1) is 15.3. The van der Waals surface area contributed by atoms with Gasteiger partial charge in [0, 0.05) is 37.9 Å². The number of benzene rings is 1. The van der Waals surface area contributed by atoms with E-state index in [4.69, 9.17) is 14.2 Å². The van der Waals surface area contributed by atoms with Crippen LogP contribution in [0.1, 0.15) is 74.8 Å². The van der Waals surface area contributed by atoms with Crippen LogP contribution in [0.3, 0.4) is 0 Å². The van der Waals surface area contributed by atoms with Crippen LogP contribution in [-0.4, -0.2) is 46.7 Å². The van der Waals surface area contributed by atoms with Gasteiger partial charge < -0.3 is 19.1 Å². The van der Waals surface area contributed by atoms with Crippen molar-refractivity contribution in [2.24, 2.45) is 0 Å². The van der Waals surface area contributed by atoms with E-state index in [1.165, 1.54) is 0 Å². The molecule has 2 aliphatic heterocycles. The van der Waals surface area contributed by atoms with E-state index in [-0.39, 0.29) is 29.8 Å². The van der Waals surface area contributed by atoms with Crippen LogP contribution < -0.4 is 9.47 Å². The third-order valence-electron chi connectivity index (χ3n) is 6.17. The number of hydrogen-bond donors (Lipinski definition) is 0. The molecular weight excluding hydrogens is 404 g/mol. The molecule has 1 aromatic heterocycles. The molecule has 0 N–H and O–H groups in total. The lowest BCUT2D eigenvalue weighted by molar-refractivity contribution is -0.0872. The number of nitrogens with zero attached hydrogens (tertiary/aromatic N) is 2. The summed E-state index contributed by atoms with van der Waals surface area (Å²) in [4.78, 5) is 19.5. The van der Waals surface area contributed by atoms with Gasteiger partial charge in [-0.1, -0.05) is 18.2 Å². The molecule has 32 heavy (non-hydrogen) atoms. The molecule has 1 fully saturated rings. The average molecular weight is 439 g/mol. The first kappa shape index (κ1) is 22.6. The number of ether oxygens (including phenoxy) is 3. The van der Waals surface area contributed by atoms with Gasteiger partial charge in [0.2, 0.25) is 0 Å². The number of fused-ring (bicyclic) bond motifs is 1. The van der Waals surface area contributed by atoms with E-state index in [2.05, 4.69) is 24.9 Å². The monoisotopic (exact) mass is 438 g/mol. The van der Waals surface area contributed by atoms with Crippen molar-refractivity contribution in [2.75, 3.05) is 13.1 Å². The van der Waals surface area contributed by atoms with Gasteiger partial charge in [0.15, 0.2) is 0 Å². The predicted octanol–water partition coefficient (Wildman–Crippen LogP) is 5.10. The highest BCUT2D eigenvalue weighted by molar-refractivity contribution is 5.92. The Morgan fingerprint density at radius 3 is 2.47 bits per heavy atom. The summed E-state index contributed by atoms with van der Waals surface area (Å²) < 4.78 is 18.5. The lowest BCUT2D eigenvalue weighted by atomic mass is 9.81. The summed E-state index contributed by atoms with van der Waals surface area (Å²) in [5, 5.41) is 0. The molecule has 4 rings (SSSR count). The summed E-state index contributed by atoms with van der Waals surface area (Å²) in [6, 6.07) is 11.8. The zero-order valence-electron chi connectivity index (χ0n) is 19.8. The minimum absolute atomic E-state index is 0.0139. The van der Waals surface area contributed by atoms with Gasteiger partial charge in [-0.15, -0.1) is 0 Å². The number of aromatic nitrogens is 1. The molecule has 0 unspecified atom stereocenters. The Morgan fingerprint density at radius 1 is 1.09 bits per heavy atom. The molecular formula is C26H34N2O4. The molecule has 172 valence electrons. The highest BCUT2D eigenvalue weighted by atomic mass is 16.5. The van der Waals surface area contributed by atoms with Crippen LogP contribution in [0.25, 0.3) is 0 Å². The minimum atomic E-state index is -0.303. The SMILES string of the molecule is Cc1nc(C(=O)N2CCC3(CC2)C[C@@H](OC(C)C)c2ccccc2O3)ccc1OC(C)C. The van der Waals surface area contributed by atoms with Crippen molar-refractivity contribution in [1.82, 2.24) is 9.88 Å². The van der Waals surface area contributed by atoms with Gasteiger partial charge in [-0.05, 0) is 52.8 Å². The average Bonchev–Trinajstić information content (AvgIpc) is 2.74. The van der Waals surface area contributed by atoms with Crippen molar-refractivity contribution in [1.29, 1.82) is 0 Å². The zero-order chi connectivity index (χ0) is 22.9. The fourth-order valence-electron chi connectivity index (χ4n) is 4.64. The van der Waals surface area contributed by atoms with Crippen molar-refractivity contribution in [3.63, 3.8) is 0 Å².